The number of carbonyl (C=O) groups is 1. The summed E-state index contributed by atoms with van der Waals surface area (Å²) in [6, 6.07) is 8.68. The van der Waals surface area contributed by atoms with E-state index in [4.69, 9.17) is 0 Å². The Bertz CT molecular complexity index is 1000. The van der Waals surface area contributed by atoms with Crippen LogP contribution in [0.1, 0.15) is 40.4 Å². The third kappa shape index (κ3) is 4.16. The number of nitrogens with zero attached hydrogens (tertiary/aromatic N) is 3. The molecule has 0 aliphatic carbocycles. The Labute approximate surface area is 179 Å². The first-order chi connectivity index (χ1) is 14.3. The average Bonchev–Trinajstić information content (AvgIpc) is 3.37. The second-order valence-electron chi connectivity index (χ2n) is 7.95. The molecule has 3 heterocycles. The monoisotopic (exact) mass is 428 g/mol. The number of hydrogen-bond acceptors (Lipinski definition) is 5. The van der Waals surface area contributed by atoms with E-state index in [1.54, 1.807) is 24.5 Å². The summed E-state index contributed by atoms with van der Waals surface area (Å²) in [5, 5.41) is 16.3. The van der Waals surface area contributed by atoms with Crippen molar-refractivity contribution in [2.45, 2.75) is 37.6 Å². The molecule has 1 fully saturated rings. The van der Waals surface area contributed by atoms with Gasteiger partial charge in [0, 0.05) is 36.4 Å². The van der Waals surface area contributed by atoms with Gasteiger partial charge in [-0.25, -0.2) is 9.37 Å². The van der Waals surface area contributed by atoms with Crippen molar-refractivity contribution in [3.63, 3.8) is 0 Å². The number of benzene rings is 1. The number of aromatic nitrogens is 2. The number of aliphatic hydroxyl groups is 1. The molecular formula is C22H25FN4O2S. The summed E-state index contributed by atoms with van der Waals surface area (Å²) in [5.74, 6) is 0.191. The Morgan fingerprint density at radius 1 is 1.37 bits per heavy atom. The predicted molar refractivity (Wildman–Crippen MR) is 114 cm³/mol. The van der Waals surface area contributed by atoms with Crippen LogP contribution >= 0.6 is 11.3 Å². The number of rotatable bonds is 5. The molecule has 6 nitrogen and oxygen atoms in total. The van der Waals surface area contributed by atoms with E-state index >= 15 is 0 Å². The third-order valence-corrected chi connectivity index (χ3v) is 6.72. The SMILES string of the molecule is Cn1ccnc1CN1CC[C@@](C)(O)[C@@H](NC(=O)c2ccc(F)cc2)[C@@H]1c1cccs1. The van der Waals surface area contributed by atoms with Gasteiger partial charge in [0.15, 0.2) is 0 Å². The minimum atomic E-state index is -1.09. The average molecular weight is 429 g/mol. The van der Waals surface area contributed by atoms with Crippen LogP contribution < -0.4 is 5.32 Å². The van der Waals surface area contributed by atoms with Gasteiger partial charge in [-0.2, -0.15) is 0 Å². The number of nitrogens with one attached hydrogen (secondary N) is 1. The van der Waals surface area contributed by atoms with Gasteiger partial charge in [0.2, 0.25) is 0 Å². The van der Waals surface area contributed by atoms with Crippen molar-refractivity contribution < 1.29 is 14.3 Å². The van der Waals surface area contributed by atoms with Crippen molar-refractivity contribution in [2.24, 2.45) is 7.05 Å². The van der Waals surface area contributed by atoms with E-state index < -0.39 is 17.5 Å². The van der Waals surface area contributed by atoms with Crippen molar-refractivity contribution in [2.75, 3.05) is 6.54 Å². The lowest BCUT2D eigenvalue weighted by atomic mass is 9.81. The number of piperidine rings is 1. The zero-order valence-electron chi connectivity index (χ0n) is 17.0. The first-order valence-electron chi connectivity index (χ1n) is 9.87. The number of thiophene rings is 1. The second kappa shape index (κ2) is 8.29. The number of halogens is 1. The van der Waals surface area contributed by atoms with Gasteiger partial charge in [0.05, 0.1) is 24.2 Å². The number of hydrogen-bond donors (Lipinski definition) is 2. The molecule has 4 rings (SSSR count). The molecule has 0 bridgehead atoms. The molecule has 0 saturated carbocycles. The van der Waals surface area contributed by atoms with Crippen molar-refractivity contribution in [3.8, 4) is 0 Å². The van der Waals surface area contributed by atoms with Crippen LogP contribution in [0, 0.1) is 5.82 Å². The fourth-order valence-electron chi connectivity index (χ4n) is 3.99. The lowest BCUT2D eigenvalue weighted by molar-refractivity contribution is -0.0663. The van der Waals surface area contributed by atoms with Gasteiger partial charge in [-0.3, -0.25) is 9.69 Å². The molecule has 2 N–H and O–H groups in total. The highest BCUT2D eigenvalue weighted by atomic mass is 32.1. The molecule has 0 unspecified atom stereocenters. The standard InChI is InChI=1S/C22H25FN4O2S/c1-22(29)9-11-27(14-18-24-10-12-26(18)2)19(17-4-3-13-30-17)20(22)25-21(28)15-5-7-16(23)8-6-15/h3-8,10,12-13,19-20,29H,9,11,14H2,1-2H3,(H,25,28)/t19-,20-,22+/m0/s1. The minimum absolute atomic E-state index is 0.213. The van der Waals surface area contributed by atoms with Crippen molar-refractivity contribution in [3.05, 3.63) is 76.3 Å². The van der Waals surface area contributed by atoms with Crippen molar-refractivity contribution >= 4 is 17.2 Å². The molecule has 30 heavy (non-hydrogen) atoms. The van der Waals surface area contributed by atoms with Crippen LogP contribution in [0.5, 0.6) is 0 Å². The lowest BCUT2D eigenvalue weighted by Gasteiger charge is -2.48. The molecule has 1 aromatic carbocycles. The van der Waals surface area contributed by atoms with Gasteiger partial charge < -0.3 is 15.0 Å². The number of imidazole rings is 1. The van der Waals surface area contributed by atoms with E-state index in [0.717, 1.165) is 10.7 Å². The maximum atomic E-state index is 13.3. The zero-order chi connectivity index (χ0) is 21.3. The van der Waals surface area contributed by atoms with E-state index in [1.807, 2.05) is 35.3 Å². The third-order valence-electron chi connectivity index (χ3n) is 5.78. The number of carbonyl (C=O) groups excluding carboxylic acids is 1. The van der Waals surface area contributed by atoms with Crippen molar-refractivity contribution in [1.29, 1.82) is 0 Å². The van der Waals surface area contributed by atoms with Crippen LogP contribution in [-0.2, 0) is 13.6 Å². The predicted octanol–water partition coefficient (Wildman–Crippen LogP) is 3.12. The molecule has 2 aromatic heterocycles. The quantitative estimate of drug-likeness (QED) is 0.655. The van der Waals surface area contributed by atoms with E-state index in [1.165, 1.54) is 24.3 Å². The number of likely N-dealkylation sites (tertiary alicyclic amines) is 1. The summed E-state index contributed by atoms with van der Waals surface area (Å²) in [6.45, 7) is 3.04. The molecule has 158 valence electrons. The van der Waals surface area contributed by atoms with Gasteiger partial charge in [0.1, 0.15) is 11.6 Å². The van der Waals surface area contributed by atoms with Crippen molar-refractivity contribution in [1.82, 2.24) is 19.8 Å². The van der Waals surface area contributed by atoms with Crippen LogP contribution in [0.3, 0.4) is 0 Å². The minimum Gasteiger partial charge on any atom is -0.388 e. The van der Waals surface area contributed by atoms with Crippen LogP contribution in [0.4, 0.5) is 4.39 Å². The van der Waals surface area contributed by atoms with Crippen LogP contribution in [-0.4, -0.2) is 43.7 Å². The van der Waals surface area contributed by atoms with E-state index in [-0.39, 0.29) is 11.9 Å². The van der Waals surface area contributed by atoms with Crippen LogP contribution in [0.15, 0.2) is 54.2 Å². The summed E-state index contributed by atoms with van der Waals surface area (Å²) in [4.78, 5) is 20.7. The van der Waals surface area contributed by atoms with Gasteiger partial charge in [-0.1, -0.05) is 6.07 Å². The number of aryl methyl sites for hydroxylation is 1. The summed E-state index contributed by atoms with van der Waals surface area (Å²) >= 11 is 1.60. The summed E-state index contributed by atoms with van der Waals surface area (Å²) in [6.07, 6.45) is 4.18. The Balaban J connectivity index is 1.66. The Morgan fingerprint density at radius 2 is 2.13 bits per heavy atom. The highest BCUT2D eigenvalue weighted by Crippen LogP contribution is 2.39. The molecule has 1 aliphatic rings. The van der Waals surface area contributed by atoms with E-state index in [0.29, 0.717) is 25.1 Å². The molecule has 3 atom stereocenters. The first kappa shape index (κ1) is 20.7. The second-order valence-corrected chi connectivity index (χ2v) is 8.93. The summed E-state index contributed by atoms with van der Waals surface area (Å²) in [7, 11) is 1.95. The largest absolute Gasteiger partial charge is 0.388 e. The maximum absolute atomic E-state index is 13.3. The zero-order valence-corrected chi connectivity index (χ0v) is 17.8. The van der Waals surface area contributed by atoms with Crippen LogP contribution in [0.25, 0.3) is 0 Å². The Kier molecular flexibility index (Phi) is 5.73. The molecule has 0 radical (unpaired) electrons. The maximum Gasteiger partial charge on any atom is 0.251 e. The topological polar surface area (TPSA) is 70.4 Å². The molecule has 0 spiro atoms. The van der Waals surface area contributed by atoms with Gasteiger partial charge in [0.25, 0.3) is 5.91 Å². The first-order valence-corrected chi connectivity index (χ1v) is 10.8. The molecule has 1 amide bonds. The highest BCUT2D eigenvalue weighted by Gasteiger charge is 2.46. The molecular weight excluding hydrogens is 403 g/mol. The van der Waals surface area contributed by atoms with Gasteiger partial charge in [-0.05, 0) is 49.1 Å². The van der Waals surface area contributed by atoms with E-state index in [2.05, 4.69) is 15.2 Å². The fraction of sp³-hybridized carbons (Fsp3) is 0.364. The summed E-state index contributed by atoms with van der Waals surface area (Å²) in [5.41, 5.74) is -0.735. The molecule has 1 aliphatic heterocycles. The van der Waals surface area contributed by atoms with Gasteiger partial charge in [-0.15, -0.1) is 11.3 Å². The lowest BCUT2D eigenvalue weighted by Crippen LogP contribution is -2.62. The Hall–Kier alpha value is -2.55. The smallest absolute Gasteiger partial charge is 0.251 e. The molecule has 3 aromatic rings. The highest BCUT2D eigenvalue weighted by molar-refractivity contribution is 7.10. The number of amides is 1. The molecule has 1 saturated heterocycles. The normalized spacial score (nSPS) is 24.7. The molecule has 8 heteroatoms. The fourth-order valence-corrected chi connectivity index (χ4v) is 4.88. The van der Waals surface area contributed by atoms with Crippen LogP contribution in [0.2, 0.25) is 0 Å². The van der Waals surface area contributed by atoms with E-state index in [9.17, 15) is 14.3 Å². The Morgan fingerprint density at radius 3 is 2.77 bits per heavy atom. The van der Waals surface area contributed by atoms with Gasteiger partial charge >= 0.3 is 0 Å². The summed E-state index contributed by atoms with van der Waals surface area (Å²) < 4.78 is 15.2.